The molecule has 1 aliphatic carbocycles. The number of aromatic nitrogens is 1. The molecule has 3 N–H and O–H groups in total. The van der Waals surface area contributed by atoms with Crippen LogP contribution in [0.15, 0.2) is 42.5 Å². The van der Waals surface area contributed by atoms with Gasteiger partial charge in [-0.2, -0.15) is 0 Å². The number of H-pyrrole nitrogens is 1. The van der Waals surface area contributed by atoms with Gasteiger partial charge in [0.1, 0.15) is 0 Å². The van der Waals surface area contributed by atoms with Gasteiger partial charge in [-0.05, 0) is 67.1 Å². The number of anilines is 1. The van der Waals surface area contributed by atoms with E-state index in [1.165, 1.54) is 29.5 Å². The molecule has 0 unspecified atom stereocenters. The van der Waals surface area contributed by atoms with Crippen molar-refractivity contribution in [1.82, 2.24) is 10.3 Å². The first kappa shape index (κ1) is 17.3. The minimum absolute atomic E-state index is 0.0325. The van der Waals surface area contributed by atoms with E-state index < -0.39 is 0 Å². The second kappa shape index (κ2) is 7.27. The predicted octanol–water partition coefficient (Wildman–Crippen LogP) is 3.59. The topological polar surface area (TPSA) is 74.0 Å². The summed E-state index contributed by atoms with van der Waals surface area (Å²) in [6.45, 7) is 0. The third-order valence-electron chi connectivity index (χ3n) is 5.22. The maximum atomic E-state index is 12.7. The first-order chi connectivity index (χ1) is 13.1. The Morgan fingerprint density at radius 3 is 2.59 bits per heavy atom. The van der Waals surface area contributed by atoms with Crippen molar-refractivity contribution in [3.63, 3.8) is 0 Å². The van der Waals surface area contributed by atoms with Crippen molar-refractivity contribution in [2.24, 2.45) is 0 Å². The molecule has 2 aromatic carbocycles. The number of aryl methyl sites for hydroxylation is 2. The summed E-state index contributed by atoms with van der Waals surface area (Å²) in [5.74, 6) is -0.156. The molecule has 0 spiro atoms. The van der Waals surface area contributed by atoms with Gasteiger partial charge < -0.3 is 15.6 Å². The van der Waals surface area contributed by atoms with Crippen LogP contribution in [0.5, 0.6) is 0 Å². The molecule has 1 aromatic heterocycles. The summed E-state index contributed by atoms with van der Waals surface area (Å²) in [6, 6.07) is 13.2. The number of likely N-dealkylation sites (N-methyl/N-ethyl adjacent to an activating group) is 1. The normalized spacial score (nSPS) is 13.2. The lowest BCUT2D eigenvalue weighted by atomic mass is 9.95. The molecule has 27 heavy (non-hydrogen) atoms. The molecule has 2 amide bonds. The SMILES string of the molecule is CNC(=O)Cc1ccc(NC(=O)c2ccc3[nH]c4c(c3c2)CCCC4)cc1. The number of amides is 2. The summed E-state index contributed by atoms with van der Waals surface area (Å²) >= 11 is 0. The van der Waals surface area contributed by atoms with Crippen molar-refractivity contribution in [2.75, 3.05) is 12.4 Å². The Hall–Kier alpha value is -3.08. The van der Waals surface area contributed by atoms with Crippen LogP contribution in [-0.2, 0) is 24.1 Å². The van der Waals surface area contributed by atoms with Crippen molar-refractivity contribution in [2.45, 2.75) is 32.1 Å². The van der Waals surface area contributed by atoms with Crippen LogP contribution in [-0.4, -0.2) is 23.8 Å². The van der Waals surface area contributed by atoms with Gasteiger partial charge in [0.05, 0.1) is 6.42 Å². The van der Waals surface area contributed by atoms with Gasteiger partial charge in [-0.1, -0.05) is 12.1 Å². The highest BCUT2D eigenvalue weighted by Gasteiger charge is 2.17. The summed E-state index contributed by atoms with van der Waals surface area (Å²) in [5.41, 5.74) is 6.08. The van der Waals surface area contributed by atoms with Crippen molar-refractivity contribution < 1.29 is 9.59 Å². The van der Waals surface area contributed by atoms with Gasteiger partial charge in [0.25, 0.3) is 5.91 Å². The lowest BCUT2D eigenvalue weighted by Crippen LogP contribution is -2.19. The summed E-state index contributed by atoms with van der Waals surface area (Å²) < 4.78 is 0. The lowest BCUT2D eigenvalue weighted by Gasteiger charge is -2.10. The Bertz CT molecular complexity index is 1000. The molecule has 0 bridgehead atoms. The van der Waals surface area contributed by atoms with Crippen LogP contribution in [0.3, 0.4) is 0 Å². The van der Waals surface area contributed by atoms with Crippen LogP contribution in [0.1, 0.15) is 40.0 Å². The van der Waals surface area contributed by atoms with Gasteiger partial charge in [0, 0.05) is 34.9 Å². The van der Waals surface area contributed by atoms with E-state index in [-0.39, 0.29) is 11.8 Å². The fraction of sp³-hybridized carbons (Fsp3) is 0.273. The molecule has 0 aliphatic heterocycles. The highest BCUT2D eigenvalue weighted by atomic mass is 16.2. The minimum atomic E-state index is -0.123. The molecule has 5 nitrogen and oxygen atoms in total. The van der Waals surface area contributed by atoms with E-state index in [0.29, 0.717) is 12.0 Å². The summed E-state index contributed by atoms with van der Waals surface area (Å²) in [4.78, 5) is 27.6. The molecule has 138 valence electrons. The quantitative estimate of drug-likeness (QED) is 0.664. The molecule has 5 heteroatoms. The monoisotopic (exact) mass is 361 g/mol. The predicted molar refractivity (Wildman–Crippen MR) is 107 cm³/mol. The fourth-order valence-corrected chi connectivity index (χ4v) is 3.73. The Kier molecular flexibility index (Phi) is 4.67. The van der Waals surface area contributed by atoms with Crippen molar-refractivity contribution in [3.05, 3.63) is 64.8 Å². The first-order valence-electron chi connectivity index (χ1n) is 9.38. The van der Waals surface area contributed by atoms with Crippen LogP contribution in [0.25, 0.3) is 10.9 Å². The van der Waals surface area contributed by atoms with Gasteiger partial charge in [-0.25, -0.2) is 0 Å². The van der Waals surface area contributed by atoms with Crippen molar-refractivity contribution in [3.8, 4) is 0 Å². The van der Waals surface area contributed by atoms with Gasteiger partial charge in [0.15, 0.2) is 0 Å². The van der Waals surface area contributed by atoms with Crippen LogP contribution >= 0.6 is 0 Å². The summed E-state index contributed by atoms with van der Waals surface area (Å²) in [5, 5.41) is 6.71. The largest absolute Gasteiger partial charge is 0.359 e. The minimum Gasteiger partial charge on any atom is -0.359 e. The van der Waals surface area contributed by atoms with E-state index in [1.807, 2.05) is 42.5 Å². The van der Waals surface area contributed by atoms with Gasteiger partial charge in [-0.3, -0.25) is 9.59 Å². The van der Waals surface area contributed by atoms with Crippen LogP contribution in [0, 0.1) is 0 Å². The standard InChI is InChI=1S/C22H23N3O2/c1-23-21(26)12-14-6-9-16(10-7-14)24-22(27)15-8-11-20-18(13-15)17-4-2-3-5-19(17)25-20/h6-11,13,25H,2-5,12H2,1H3,(H,23,26)(H,24,27). The van der Waals surface area contributed by atoms with Crippen LogP contribution in [0.4, 0.5) is 5.69 Å². The van der Waals surface area contributed by atoms with Gasteiger partial charge in [0.2, 0.25) is 5.91 Å². The zero-order valence-electron chi connectivity index (χ0n) is 15.4. The second-order valence-electron chi connectivity index (χ2n) is 7.05. The average molecular weight is 361 g/mol. The number of hydrogen-bond acceptors (Lipinski definition) is 2. The molecule has 0 fully saturated rings. The number of nitrogens with one attached hydrogen (secondary N) is 3. The lowest BCUT2D eigenvalue weighted by molar-refractivity contribution is -0.119. The Labute approximate surface area is 158 Å². The highest BCUT2D eigenvalue weighted by Crippen LogP contribution is 2.29. The summed E-state index contributed by atoms with van der Waals surface area (Å²) in [6.07, 6.45) is 4.93. The molecular weight excluding hydrogens is 338 g/mol. The average Bonchev–Trinajstić information content (AvgIpc) is 3.07. The van der Waals surface area contributed by atoms with Gasteiger partial charge >= 0.3 is 0 Å². The van der Waals surface area contributed by atoms with E-state index in [9.17, 15) is 9.59 Å². The molecule has 3 aromatic rings. The highest BCUT2D eigenvalue weighted by molar-refractivity contribution is 6.06. The Morgan fingerprint density at radius 2 is 1.81 bits per heavy atom. The fourth-order valence-electron chi connectivity index (χ4n) is 3.73. The number of rotatable bonds is 4. The third-order valence-corrected chi connectivity index (χ3v) is 5.22. The molecule has 0 radical (unpaired) electrons. The molecule has 0 atom stereocenters. The molecule has 1 aliphatic rings. The van der Waals surface area contributed by atoms with Gasteiger partial charge in [-0.15, -0.1) is 0 Å². The maximum Gasteiger partial charge on any atom is 0.255 e. The zero-order chi connectivity index (χ0) is 18.8. The number of aromatic amines is 1. The van der Waals surface area contributed by atoms with Crippen molar-refractivity contribution >= 4 is 28.4 Å². The maximum absolute atomic E-state index is 12.7. The molecule has 1 heterocycles. The van der Waals surface area contributed by atoms with Crippen molar-refractivity contribution in [1.29, 1.82) is 0 Å². The Morgan fingerprint density at radius 1 is 1.04 bits per heavy atom. The van der Waals surface area contributed by atoms with E-state index in [4.69, 9.17) is 0 Å². The van der Waals surface area contributed by atoms with E-state index in [1.54, 1.807) is 7.05 Å². The Balaban J connectivity index is 1.52. The summed E-state index contributed by atoms with van der Waals surface area (Å²) in [7, 11) is 1.62. The number of hydrogen-bond donors (Lipinski definition) is 3. The van der Waals surface area contributed by atoms with Crippen LogP contribution < -0.4 is 10.6 Å². The molecule has 0 saturated heterocycles. The van der Waals surface area contributed by atoms with E-state index in [2.05, 4.69) is 15.6 Å². The van der Waals surface area contributed by atoms with E-state index in [0.717, 1.165) is 29.6 Å². The molecule has 4 rings (SSSR count). The first-order valence-corrected chi connectivity index (χ1v) is 9.38. The number of carbonyl (C=O) groups excluding carboxylic acids is 2. The van der Waals surface area contributed by atoms with E-state index >= 15 is 0 Å². The number of carbonyl (C=O) groups is 2. The zero-order valence-corrected chi connectivity index (χ0v) is 15.4. The van der Waals surface area contributed by atoms with Crippen LogP contribution in [0.2, 0.25) is 0 Å². The smallest absolute Gasteiger partial charge is 0.255 e. The second-order valence-corrected chi connectivity index (χ2v) is 7.05. The molecular formula is C22H23N3O2. The number of fused-ring (bicyclic) bond motifs is 3. The third kappa shape index (κ3) is 3.58. The number of benzene rings is 2. The molecule has 0 saturated carbocycles.